The number of hydrogen-bond donors (Lipinski definition) is 2. The summed E-state index contributed by atoms with van der Waals surface area (Å²) < 4.78 is 18.3. The van der Waals surface area contributed by atoms with Gasteiger partial charge in [0.2, 0.25) is 0 Å². The zero-order valence-corrected chi connectivity index (χ0v) is 7.88. The molecule has 1 aliphatic rings. The Labute approximate surface area is 81.4 Å². The molecule has 1 aromatic rings. The van der Waals surface area contributed by atoms with Gasteiger partial charge in [-0.15, -0.1) is 0 Å². The van der Waals surface area contributed by atoms with Gasteiger partial charge in [-0.3, -0.25) is 5.73 Å². The van der Waals surface area contributed by atoms with Crippen molar-refractivity contribution in [3.8, 4) is 0 Å². The third-order valence-electron chi connectivity index (χ3n) is 2.41. The molecule has 0 aliphatic carbocycles. The molecule has 1 aromatic carbocycles. The van der Waals surface area contributed by atoms with Crippen LogP contribution in [-0.2, 0) is 4.74 Å². The normalized spacial score (nSPS) is 20.4. The van der Waals surface area contributed by atoms with Crippen molar-refractivity contribution >= 4 is 6.02 Å². The van der Waals surface area contributed by atoms with Crippen LogP contribution < -0.4 is 10.7 Å². The van der Waals surface area contributed by atoms with E-state index < -0.39 is 0 Å². The fraction of sp³-hybridized carbons (Fsp3) is 0.300. The first kappa shape index (κ1) is 8.99. The molecule has 0 amide bonds. The third-order valence-corrected chi connectivity index (χ3v) is 2.41. The van der Waals surface area contributed by atoms with Gasteiger partial charge in [0.25, 0.3) is 0 Å². The molecule has 0 bridgehead atoms. The zero-order chi connectivity index (χ0) is 10.1. The Balaban J connectivity index is 2.37. The molecule has 1 heterocycles. The number of amidine groups is 1. The third kappa shape index (κ3) is 1.43. The minimum absolute atomic E-state index is 0.0364. The molecule has 0 saturated carbocycles. The monoisotopic (exact) mass is 195 g/mol. The first-order valence-corrected chi connectivity index (χ1v) is 4.45. The lowest BCUT2D eigenvalue weighted by molar-refractivity contribution is -0.497. The Bertz CT molecular complexity index is 390. The minimum atomic E-state index is -0.199. The summed E-state index contributed by atoms with van der Waals surface area (Å²) in [5.74, 6) is -0.199. The van der Waals surface area contributed by atoms with Crippen LogP contribution in [-0.4, -0.2) is 12.6 Å². The second-order valence-corrected chi connectivity index (χ2v) is 3.33. The highest BCUT2D eigenvalue weighted by atomic mass is 19.1. The number of ether oxygens (including phenoxy) is 1. The van der Waals surface area contributed by atoms with Crippen LogP contribution >= 0.6 is 0 Å². The number of benzene rings is 1. The summed E-state index contributed by atoms with van der Waals surface area (Å²) in [5.41, 5.74) is 6.98. The van der Waals surface area contributed by atoms with Gasteiger partial charge in [0.15, 0.2) is 6.04 Å². The van der Waals surface area contributed by atoms with E-state index in [1.54, 1.807) is 13.0 Å². The van der Waals surface area contributed by atoms with E-state index in [0.717, 1.165) is 5.56 Å². The second-order valence-electron chi connectivity index (χ2n) is 3.33. The van der Waals surface area contributed by atoms with Crippen molar-refractivity contribution in [1.82, 2.24) is 0 Å². The molecule has 4 heteroatoms. The Hall–Kier alpha value is -1.58. The highest BCUT2D eigenvalue weighted by Crippen LogP contribution is 2.18. The quantitative estimate of drug-likeness (QED) is 0.640. The molecule has 0 saturated heterocycles. The maximum Gasteiger partial charge on any atom is 0.440 e. The van der Waals surface area contributed by atoms with Gasteiger partial charge in [-0.25, -0.2) is 9.38 Å². The highest BCUT2D eigenvalue weighted by Gasteiger charge is 2.24. The molecule has 0 spiro atoms. The van der Waals surface area contributed by atoms with Crippen molar-refractivity contribution in [2.75, 3.05) is 6.61 Å². The minimum Gasteiger partial charge on any atom is -0.427 e. The van der Waals surface area contributed by atoms with Crippen molar-refractivity contribution in [3.05, 3.63) is 35.1 Å². The molecule has 3 nitrogen and oxygen atoms in total. The van der Waals surface area contributed by atoms with E-state index in [0.29, 0.717) is 18.2 Å². The Morgan fingerprint density at radius 3 is 3.00 bits per heavy atom. The van der Waals surface area contributed by atoms with Crippen molar-refractivity contribution < 1.29 is 14.1 Å². The summed E-state index contributed by atoms with van der Waals surface area (Å²) in [6.07, 6.45) is 0. The fourth-order valence-corrected chi connectivity index (χ4v) is 1.60. The molecule has 0 radical (unpaired) electrons. The lowest BCUT2D eigenvalue weighted by Crippen LogP contribution is -2.73. The van der Waals surface area contributed by atoms with Crippen molar-refractivity contribution in [3.63, 3.8) is 0 Å². The van der Waals surface area contributed by atoms with Crippen LogP contribution in [0.1, 0.15) is 17.2 Å². The SMILES string of the molecule is Cc1c(F)cccc1C1COC(N)=[NH+]1. The van der Waals surface area contributed by atoms with Crippen LogP contribution in [0.15, 0.2) is 18.2 Å². The van der Waals surface area contributed by atoms with Gasteiger partial charge >= 0.3 is 6.02 Å². The molecule has 1 aliphatic heterocycles. The topological polar surface area (TPSA) is 49.2 Å². The van der Waals surface area contributed by atoms with E-state index in [4.69, 9.17) is 10.5 Å². The summed E-state index contributed by atoms with van der Waals surface area (Å²) in [5, 5.41) is 0. The van der Waals surface area contributed by atoms with Gasteiger partial charge in [0.05, 0.1) is 0 Å². The number of rotatable bonds is 1. The average Bonchev–Trinajstić information content (AvgIpc) is 2.57. The molecule has 3 N–H and O–H groups in total. The van der Waals surface area contributed by atoms with Gasteiger partial charge in [-0.2, -0.15) is 0 Å². The molecule has 0 aromatic heterocycles. The Morgan fingerprint density at radius 2 is 2.36 bits per heavy atom. The highest BCUT2D eigenvalue weighted by molar-refractivity contribution is 5.65. The van der Waals surface area contributed by atoms with Gasteiger partial charge in [-0.1, -0.05) is 12.1 Å². The molecule has 0 fully saturated rings. The molecular weight excluding hydrogens is 183 g/mol. The summed E-state index contributed by atoms with van der Waals surface area (Å²) in [7, 11) is 0. The van der Waals surface area contributed by atoms with Gasteiger partial charge in [-0.05, 0) is 18.6 Å². The van der Waals surface area contributed by atoms with E-state index in [1.165, 1.54) is 6.07 Å². The number of halogens is 1. The second kappa shape index (κ2) is 3.29. The first-order chi connectivity index (χ1) is 6.68. The maximum absolute atomic E-state index is 13.2. The molecule has 1 atom stereocenters. The lowest BCUT2D eigenvalue weighted by atomic mass is 10.0. The number of hydrogen-bond acceptors (Lipinski definition) is 2. The summed E-state index contributed by atoms with van der Waals surface area (Å²) in [4.78, 5) is 2.94. The molecular formula is C10H12FN2O+. The summed E-state index contributed by atoms with van der Waals surface area (Å²) >= 11 is 0. The van der Waals surface area contributed by atoms with E-state index >= 15 is 0 Å². The van der Waals surface area contributed by atoms with Gasteiger partial charge in [0, 0.05) is 5.56 Å². The molecule has 14 heavy (non-hydrogen) atoms. The van der Waals surface area contributed by atoms with Crippen LogP contribution in [0, 0.1) is 12.7 Å². The molecule has 1 unspecified atom stereocenters. The van der Waals surface area contributed by atoms with Crippen LogP contribution in [0.5, 0.6) is 0 Å². The smallest absolute Gasteiger partial charge is 0.427 e. The number of nitrogens with one attached hydrogen (secondary N) is 1. The van der Waals surface area contributed by atoms with Gasteiger partial charge < -0.3 is 4.74 Å². The van der Waals surface area contributed by atoms with E-state index in [1.807, 2.05) is 6.07 Å². The standard InChI is InChI=1S/C10H11FN2O/c1-6-7(3-2-4-8(6)11)9-5-14-10(12)13-9/h2-4,9H,5H2,1H3,(H2,12,13)/p+1. The summed E-state index contributed by atoms with van der Waals surface area (Å²) in [6.45, 7) is 2.21. The number of nitrogens with two attached hydrogens (primary N) is 1. The maximum atomic E-state index is 13.2. The van der Waals surface area contributed by atoms with E-state index in [9.17, 15) is 4.39 Å². The van der Waals surface area contributed by atoms with E-state index in [-0.39, 0.29) is 11.9 Å². The lowest BCUT2D eigenvalue weighted by Gasteiger charge is -2.07. The van der Waals surface area contributed by atoms with Crippen LogP contribution in [0.4, 0.5) is 4.39 Å². The first-order valence-electron chi connectivity index (χ1n) is 4.45. The van der Waals surface area contributed by atoms with Crippen molar-refractivity contribution in [2.45, 2.75) is 13.0 Å². The van der Waals surface area contributed by atoms with Gasteiger partial charge in [0.1, 0.15) is 12.4 Å². The average molecular weight is 195 g/mol. The largest absolute Gasteiger partial charge is 0.440 e. The zero-order valence-electron chi connectivity index (χ0n) is 7.88. The predicted octanol–water partition coefficient (Wildman–Crippen LogP) is -0.399. The summed E-state index contributed by atoms with van der Waals surface area (Å²) in [6, 6.07) is 5.28. The van der Waals surface area contributed by atoms with Crippen LogP contribution in [0.2, 0.25) is 0 Å². The molecule has 2 rings (SSSR count). The van der Waals surface area contributed by atoms with Crippen LogP contribution in [0.3, 0.4) is 0 Å². The fourth-order valence-electron chi connectivity index (χ4n) is 1.60. The van der Waals surface area contributed by atoms with Crippen LogP contribution in [0.25, 0.3) is 0 Å². The Kier molecular flexibility index (Phi) is 2.11. The Morgan fingerprint density at radius 1 is 1.57 bits per heavy atom. The predicted molar refractivity (Wildman–Crippen MR) is 50.0 cm³/mol. The van der Waals surface area contributed by atoms with Crippen molar-refractivity contribution in [1.29, 1.82) is 0 Å². The van der Waals surface area contributed by atoms with E-state index in [2.05, 4.69) is 4.99 Å². The van der Waals surface area contributed by atoms with Crippen molar-refractivity contribution in [2.24, 2.45) is 5.73 Å². The molecule has 74 valence electrons.